The highest BCUT2D eigenvalue weighted by Gasteiger charge is 2.43. The molecule has 1 saturated carbocycles. The van der Waals surface area contributed by atoms with Crippen LogP contribution in [0.1, 0.15) is 52.9 Å². The van der Waals surface area contributed by atoms with E-state index < -0.39 is 0 Å². The standard InChI is InChI=1S/C14H24N2O2/c1-9(2)10(3)15-12-8-13(17)16(14(12)18)11-6-4-5-7-11/h9-12,15H,4-8H2,1-3H3. The van der Waals surface area contributed by atoms with Gasteiger partial charge in [0.05, 0.1) is 12.5 Å². The fraction of sp³-hybridized carbons (Fsp3) is 0.857. The van der Waals surface area contributed by atoms with Gasteiger partial charge < -0.3 is 5.32 Å². The van der Waals surface area contributed by atoms with Crippen LogP contribution in [0, 0.1) is 5.92 Å². The normalized spacial score (nSPS) is 27.6. The Labute approximate surface area is 109 Å². The van der Waals surface area contributed by atoms with Crippen LogP contribution in [0.2, 0.25) is 0 Å². The third-order valence-electron chi connectivity index (χ3n) is 4.34. The lowest BCUT2D eigenvalue weighted by atomic mass is 10.0. The summed E-state index contributed by atoms with van der Waals surface area (Å²) in [7, 11) is 0. The Balaban J connectivity index is 2.00. The minimum absolute atomic E-state index is 0.000556. The minimum Gasteiger partial charge on any atom is -0.303 e. The zero-order valence-corrected chi connectivity index (χ0v) is 11.6. The van der Waals surface area contributed by atoms with E-state index in [1.165, 1.54) is 4.90 Å². The molecular weight excluding hydrogens is 228 g/mol. The highest BCUT2D eigenvalue weighted by molar-refractivity contribution is 6.05. The molecule has 1 saturated heterocycles. The molecule has 2 unspecified atom stereocenters. The number of carbonyl (C=O) groups is 2. The van der Waals surface area contributed by atoms with Crippen molar-refractivity contribution in [1.82, 2.24) is 10.2 Å². The number of hydrogen-bond donors (Lipinski definition) is 1. The molecule has 4 heteroatoms. The first kappa shape index (κ1) is 13.5. The molecule has 0 spiro atoms. The Morgan fingerprint density at radius 1 is 1.17 bits per heavy atom. The number of nitrogens with zero attached hydrogens (tertiary/aromatic N) is 1. The van der Waals surface area contributed by atoms with Gasteiger partial charge >= 0.3 is 0 Å². The summed E-state index contributed by atoms with van der Waals surface area (Å²) in [4.78, 5) is 25.8. The van der Waals surface area contributed by atoms with E-state index >= 15 is 0 Å². The molecule has 2 rings (SSSR count). The van der Waals surface area contributed by atoms with Crippen molar-refractivity contribution in [2.75, 3.05) is 0 Å². The Morgan fingerprint density at radius 2 is 1.78 bits per heavy atom. The Bertz CT molecular complexity index is 335. The lowest BCUT2D eigenvalue weighted by Crippen LogP contribution is -2.46. The van der Waals surface area contributed by atoms with Crippen LogP contribution in [0.5, 0.6) is 0 Å². The monoisotopic (exact) mass is 252 g/mol. The highest BCUT2D eigenvalue weighted by Crippen LogP contribution is 2.28. The van der Waals surface area contributed by atoms with Gasteiger partial charge in [-0.25, -0.2) is 0 Å². The zero-order valence-electron chi connectivity index (χ0n) is 11.6. The second kappa shape index (κ2) is 5.39. The molecule has 0 aromatic heterocycles. The fourth-order valence-corrected chi connectivity index (χ4v) is 2.84. The second-order valence-electron chi connectivity index (χ2n) is 6.00. The van der Waals surface area contributed by atoms with Crippen LogP contribution in [0.3, 0.4) is 0 Å². The van der Waals surface area contributed by atoms with Crippen LogP contribution in [0.4, 0.5) is 0 Å². The van der Waals surface area contributed by atoms with E-state index in [-0.39, 0.29) is 29.9 Å². The average molecular weight is 252 g/mol. The maximum atomic E-state index is 12.3. The largest absolute Gasteiger partial charge is 0.303 e. The Kier molecular flexibility index (Phi) is 4.05. The SMILES string of the molecule is CC(C)C(C)NC1CC(=O)N(C2CCCC2)C1=O. The summed E-state index contributed by atoms with van der Waals surface area (Å²) in [5.41, 5.74) is 0. The van der Waals surface area contributed by atoms with Gasteiger partial charge in [-0.15, -0.1) is 0 Å². The van der Waals surface area contributed by atoms with Crippen LogP contribution in [-0.4, -0.2) is 34.8 Å². The molecule has 1 N–H and O–H groups in total. The van der Waals surface area contributed by atoms with Gasteiger partial charge in [0.25, 0.3) is 0 Å². The number of imide groups is 1. The predicted octanol–water partition coefficient (Wildman–Crippen LogP) is 1.69. The topological polar surface area (TPSA) is 49.4 Å². The van der Waals surface area contributed by atoms with Crippen LogP contribution in [0.15, 0.2) is 0 Å². The number of amides is 2. The van der Waals surface area contributed by atoms with Crippen LogP contribution in [0.25, 0.3) is 0 Å². The van der Waals surface area contributed by atoms with E-state index in [0.717, 1.165) is 25.7 Å². The van der Waals surface area contributed by atoms with Gasteiger partial charge in [0.1, 0.15) is 0 Å². The third-order valence-corrected chi connectivity index (χ3v) is 4.34. The van der Waals surface area contributed by atoms with Gasteiger partial charge in [0.2, 0.25) is 11.8 Å². The Morgan fingerprint density at radius 3 is 2.33 bits per heavy atom. The highest BCUT2D eigenvalue weighted by atomic mass is 16.2. The summed E-state index contributed by atoms with van der Waals surface area (Å²) in [5, 5.41) is 3.30. The molecule has 4 nitrogen and oxygen atoms in total. The summed E-state index contributed by atoms with van der Waals surface area (Å²) in [6.07, 6.45) is 4.60. The fourth-order valence-electron chi connectivity index (χ4n) is 2.84. The number of likely N-dealkylation sites (tertiary alicyclic amines) is 1. The molecule has 1 aliphatic heterocycles. The van der Waals surface area contributed by atoms with E-state index in [1.807, 2.05) is 0 Å². The van der Waals surface area contributed by atoms with Crippen molar-refractivity contribution in [1.29, 1.82) is 0 Å². The second-order valence-corrected chi connectivity index (χ2v) is 6.00. The summed E-state index contributed by atoms with van der Waals surface area (Å²) in [5.74, 6) is 0.480. The summed E-state index contributed by atoms with van der Waals surface area (Å²) in [6.45, 7) is 6.31. The molecule has 18 heavy (non-hydrogen) atoms. The summed E-state index contributed by atoms with van der Waals surface area (Å²) in [6, 6.07) is 0.136. The first-order chi connectivity index (χ1) is 8.50. The van der Waals surface area contributed by atoms with E-state index in [9.17, 15) is 9.59 Å². The van der Waals surface area contributed by atoms with Crippen LogP contribution in [-0.2, 0) is 9.59 Å². The number of hydrogen-bond acceptors (Lipinski definition) is 3. The van der Waals surface area contributed by atoms with Crippen molar-refractivity contribution in [3.05, 3.63) is 0 Å². The smallest absolute Gasteiger partial charge is 0.247 e. The summed E-state index contributed by atoms with van der Waals surface area (Å²) < 4.78 is 0. The van der Waals surface area contributed by atoms with Crippen molar-refractivity contribution in [3.8, 4) is 0 Å². The van der Waals surface area contributed by atoms with E-state index in [4.69, 9.17) is 0 Å². The summed E-state index contributed by atoms with van der Waals surface area (Å²) >= 11 is 0. The molecular formula is C14H24N2O2. The first-order valence-electron chi connectivity index (χ1n) is 7.12. The Hall–Kier alpha value is -0.900. The van der Waals surface area contributed by atoms with Crippen molar-refractivity contribution >= 4 is 11.8 Å². The van der Waals surface area contributed by atoms with Gasteiger partial charge in [0, 0.05) is 12.1 Å². The molecule has 0 radical (unpaired) electrons. The van der Waals surface area contributed by atoms with Gasteiger partial charge in [0.15, 0.2) is 0 Å². The molecule has 1 heterocycles. The van der Waals surface area contributed by atoms with Crippen molar-refractivity contribution < 1.29 is 9.59 Å². The van der Waals surface area contributed by atoms with Crippen LogP contribution >= 0.6 is 0 Å². The maximum absolute atomic E-state index is 12.3. The zero-order chi connectivity index (χ0) is 13.3. The van der Waals surface area contributed by atoms with Crippen molar-refractivity contribution in [2.45, 2.75) is 71.0 Å². The molecule has 0 aromatic rings. The minimum atomic E-state index is -0.296. The van der Waals surface area contributed by atoms with Crippen LogP contribution < -0.4 is 5.32 Å². The number of nitrogens with one attached hydrogen (secondary N) is 1. The van der Waals surface area contributed by atoms with Crippen molar-refractivity contribution in [3.63, 3.8) is 0 Å². The van der Waals surface area contributed by atoms with E-state index in [1.54, 1.807) is 0 Å². The van der Waals surface area contributed by atoms with E-state index in [0.29, 0.717) is 12.3 Å². The molecule has 2 amide bonds. The number of carbonyl (C=O) groups excluding carboxylic acids is 2. The van der Waals surface area contributed by atoms with Gasteiger partial charge in [-0.3, -0.25) is 14.5 Å². The number of rotatable bonds is 4. The molecule has 0 bridgehead atoms. The molecule has 1 aliphatic carbocycles. The molecule has 102 valence electrons. The molecule has 2 fully saturated rings. The van der Waals surface area contributed by atoms with E-state index in [2.05, 4.69) is 26.1 Å². The molecule has 0 aromatic carbocycles. The first-order valence-corrected chi connectivity index (χ1v) is 7.12. The average Bonchev–Trinajstić information content (AvgIpc) is 2.88. The molecule has 2 aliphatic rings. The quantitative estimate of drug-likeness (QED) is 0.775. The van der Waals surface area contributed by atoms with Gasteiger partial charge in [-0.2, -0.15) is 0 Å². The van der Waals surface area contributed by atoms with Gasteiger partial charge in [-0.1, -0.05) is 26.7 Å². The maximum Gasteiger partial charge on any atom is 0.247 e. The van der Waals surface area contributed by atoms with Gasteiger partial charge in [-0.05, 0) is 25.7 Å². The third kappa shape index (κ3) is 2.58. The lowest BCUT2D eigenvalue weighted by Gasteiger charge is -2.24. The van der Waals surface area contributed by atoms with Crippen molar-refractivity contribution in [2.24, 2.45) is 5.92 Å². The molecule has 2 atom stereocenters. The predicted molar refractivity (Wildman–Crippen MR) is 69.9 cm³/mol. The lowest BCUT2D eigenvalue weighted by molar-refractivity contribution is -0.141.